The maximum Gasteiger partial charge on any atom is 0.221 e. The van der Waals surface area contributed by atoms with Gasteiger partial charge in [-0.2, -0.15) is 0 Å². The minimum atomic E-state index is 0.0394. The molecular formula is C16H30N3O+. The number of hydrogen-bond acceptors (Lipinski definition) is 2. The summed E-state index contributed by atoms with van der Waals surface area (Å²) in [6.45, 7) is 10.9. The molecule has 2 unspecified atom stereocenters. The third kappa shape index (κ3) is 4.17. The predicted octanol–water partition coefficient (Wildman–Crippen LogP) is 2.85. The molecule has 0 saturated heterocycles. The normalized spacial score (nSPS) is 23.9. The van der Waals surface area contributed by atoms with Crippen molar-refractivity contribution >= 4 is 11.7 Å². The van der Waals surface area contributed by atoms with Gasteiger partial charge in [0.05, 0.1) is 13.1 Å². The summed E-state index contributed by atoms with van der Waals surface area (Å²) in [4.78, 5) is 16.0. The van der Waals surface area contributed by atoms with Gasteiger partial charge >= 0.3 is 0 Å². The molecule has 2 atom stereocenters. The van der Waals surface area contributed by atoms with Crippen molar-refractivity contribution in [3.8, 4) is 0 Å². The van der Waals surface area contributed by atoms with Crippen LogP contribution >= 0.6 is 0 Å². The van der Waals surface area contributed by atoms with E-state index in [1.807, 2.05) is 0 Å². The number of nitrogens with zero attached hydrogens (tertiary/aromatic N) is 2. The standard InChI is InChI=1S/C16H29N3O/c1-5-7-8-9-10-11-16-17-12-13-19(16,6-2)14(3)18-15(4)20/h8-9,14H,5-7,10-13H2,1-4H3/p+1/b9-8+. The summed E-state index contributed by atoms with van der Waals surface area (Å²) < 4.78 is 0.821. The van der Waals surface area contributed by atoms with Crippen molar-refractivity contribution < 1.29 is 9.28 Å². The first-order chi connectivity index (χ1) is 9.56. The van der Waals surface area contributed by atoms with Crippen LogP contribution in [-0.4, -0.2) is 42.0 Å². The van der Waals surface area contributed by atoms with Crippen molar-refractivity contribution in [1.29, 1.82) is 0 Å². The maximum absolute atomic E-state index is 11.3. The van der Waals surface area contributed by atoms with E-state index in [1.54, 1.807) is 6.92 Å². The van der Waals surface area contributed by atoms with Gasteiger partial charge in [0.1, 0.15) is 6.54 Å². The molecule has 0 bridgehead atoms. The van der Waals surface area contributed by atoms with Crippen LogP contribution in [0, 0.1) is 0 Å². The summed E-state index contributed by atoms with van der Waals surface area (Å²) in [5.74, 6) is 1.28. The predicted molar refractivity (Wildman–Crippen MR) is 84.5 cm³/mol. The van der Waals surface area contributed by atoms with Gasteiger partial charge in [0.25, 0.3) is 0 Å². The molecule has 0 radical (unpaired) electrons. The van der Waals surface area contributed by atoms with Gasteiger partial charge in [0.15, 0.2) is 12.0 Å². The van der Waals surface area contributed by atoms with E-state index in [2.05, 4.69) is 38.2 Å². The van der Waals surface area contributed by atoms with E-state index < -0.39 is 0 Å². The van der Waals surface area contributed by atoms with Crippen LogP contribution in [0.15, 0.2) is 17.1 Å². The molecule has 0 aromatic carbocycles. The SMILES string of the molecule is CCC/C=C/CCC1=NCC[N+]1(CC)C(C)NC(C)=O. The number of unbranched alkanes of at least 4 members (excludes halogenated alkanes) is 1. The van der Waals surface area contributed by atoms with Crippen molar-refractivity contribution in [2.24, 2.45) is 4.99 Å². The van der Waals surface area contributed by atoms with Crippen LogP contribution in [0.5, 0.6) is 0 Å². The lowest BCUT2D eigenvalue weighted by molar-refractivity contribution is -0.861. The molecule has 1 heterocycles. The maximum atomic E-state index is 11.3. The van der Waals surface area contributed by atoms with Crippen LogP contribution in [0.1, 0.15) is 53.4 Å². The van der Waals surface area contributed by atoms with Gasteiger partial charge < -0.3 is 5.32 Å². The first-order valence-electron chi connectivity index (χ1n) is 7.89. The monoisotopic (exact) mass is 280 g/mol. The zero-order chi connectivity index (χ0) is 15.0. The molecule has 20 heavy (non-hydrogen) atoms. The zero-order valence-corrected chi connectivity index (χ0v) is 13.5. The van der Waals surface area contributed by atoms with Gasteiger partial charge in [0, 0.05) is 20.3 Å². The van der Waals surface area contributed by atoms with E-state index in [1.165, 1.54) is 12.3 Å². The molecule has 1 rings (SSSR count). The summed E-state index contributed by atoms with van der Waals surface area (Å²) >= 11 is 0. The number of aliphatic imine (C=N–C) groups is 1. The Morgan fingerprint density at radius 1 is 1.40 bits per heavy atom. The lowest BCUT2D eigenvalue weighted by Crippen LogP contribution is -2.62. The molecule has 0 spiro atoms. The van der Waals surface area contributed by atoms with E-state index in [-0.39, 0.29) is 12.1 Å². The quantitative estimate of drug-likeness (QED) is 0.539. The molecule has 114 valence electrons. The Morgan fingerprint density at radius 3 is 2.70 bits per heavy atom. The van der Waals surface area contributed by atoms with E-state index >= 15 is 0 Å². The average molecular weight is 280 g/mol. The highest BCUT2D eigenvalue weighted by Gasteiger charge is 2.41. The van der Waals surface area contributed by atoms with Gasteiger partial charge in [-0.1, -0.05) is 25.5 Å². The van der Waals surface area contributed by atoms with Crippen molar-refractivity contribution in [1.82, 2.24) is 5.32 Å². The van der Waals surface area contributed by atoms with E-state index in [0.29, 0.717) is 0 Å². The van der Waals surface area contributed by atoms with E-state index in [9.17, 15) is 4.79 Å². The van der Waals surface area contributed by atoms with Crippen LogP contribution in [-0.2, 0) is 4.79 Å². The van der Waals surface area contributed by atoms with Crippen molar-refractivity contribution in [3.63, 3.8) is 0 Å². The van der Waals surface area contributed by atoms with Gasteiger partial charge in [-0.05, 0) is 19.8 Å². The topological polar surface area (TPSA) is 41.5 Å². The number of carbonyl (C=O) groups is 1. The Balaban J connectivity index is 2.65. The van der Waals surface area contributed by atoms with Gasteiger partial charge in [-0.25, -0.2) is 4.99 Å². The number of hydrogen-bond donors (Lipinski definition) is 1. The molecular weight excluding hydrogens is 250 g/mol. The van der Waals surface area contributed by atoms with E-state index in [4.69, 9.17) is 4.99 Å². The molecule has 1 aliphatic rings. The molecule has 0 aromatic heterocycles. The van der Waals surface area contributed by atoms with Crippen LogP contribution in [0.3, 0.4) is 0 Å². The Labute approximate surface area is 123 Å². The highest BCUT2D eigenvalue weighted by molar-refractivity contribution is 5.78. The molecule has 1 aliphatic heterocycles. The Hall–Kier alpha value is -1.16. The van der Waals surface area contributed by atoms with E-state index in [0.717, 1.165) is 43.4 Å². The molecule has 1 amide bonds. The smallest absolute Gasteiger partial charge is 0.221 e. The summed E-state index contributed by atoms with van der Waals surface area (Å²) in [6.07, 6.45) is 9.03. The number of likely N-dealkylation sites (N-methyl/N-ethyl adjacent to an activating group) is 1. The third-order valence-electron chi connectivity index (χ3n) is 4.18. The van der Waals surface area contributed by atoms with Crippen molar-refractivity contribution in [3.05, 3.63) is 12.2 Å². The van der Waals surface area contributed by atoms with Crippen molar-refractivity contribution in [2.45, 2.75) is 59.5 Å². The molecule has 0 aliphatic carbocycles. The van der Waals surface area contributed by atoms with Crippen LogP contribution in [0.4, 0.5) is 0 Å². The molecule has 0 fully saturated rings. The summed E-state index contributed by atoms with van der Waals surface area (Å²) in [7, 11) is 0. The molecule has 4 nitrogen and oxygen atoms in total. The minimum absolute atomic E-state index is 0.0394. The number of nitrogens with one attached hydrogen (secondary N) is 1. The lowest BCUT2D eigenvalue weighted by atomic mass is 10.2. The minimum Gasteiger partial charge on any atom is -0.307 e. The Morgan fingerprint density at radius 2 is 2.10 bits per heavy atom. The fourth-order valence-corrected chi connectivity index (χ4v) is 2.99. The fourth-order valence-electron chi connectivity index (χ4n) is 2.99. The average Bonchev–Trinajstić information content (AvgIpc) is 2.82. The fraction of sp³-hybridized carbons (Fsp3) is 0.750. The number of amidine groups is 1. The summed E-state index contributed by atoms with van der Waals surface area (Å²) in [6, 6.07) is 0. The first-order valence-corrected chi connectivity index (χ1v) is 7.89. The number of rotatable bonds is 8. The van der Waals surface area contributed by atoms with Gasteiger partial charge in [-0.3, -0.25) is 9.28 Å². The highest BCUT2D eigenvalue weighted by atomic mass is 16.1. The second-order valence-electron chi connectivity index (χ2n) is 5.55. The Kier molecular flexibility index (Phi) is 6.93. The van der Waals surface area contributed by atoms with Gasteiger partial charge in [0.2, 0.25) is 5.91 Å². The number of amides is 1. The number of carbonyl (C=O) groups excluding carboxylic acids is 1. The molecule has 1 N–H and O–H groups in total. The molecule has 4 heteroatoms. The summed E-state index contributed by atoms with van der Waals surface area (Å²) in [5, 5.41) is 3.05. The number of quaternary nitrogens is 1. The van der Waals surface area contributed by atoms with Crippen molar-refractivity contribution in [2.75, 3.05) is 19.6 Å². The Bertz CT molecular complexity index is 376. The third-order valence-corrected chi connectivity index (χ3v) is 4.18. The molecule has 0 saturated carbocycles. The second-order valence-corrected chi connectivity index (χ2v) is 5.55. The van der Waals surface area contributed by atoms with Gasteiger partial charge in [-0.15, -0.1) is 0 Å². The first kappa shape index (κ1) is 16.9. The number of allylic oxidation sites excluding steroid dienone is 2. The van der Waals surface area contributed by atoms with Crippen LogP contribution < -0.4 is 5.32 Å². The largest absolute Gasteiger partial charge is 0.307 e. The van der Waals surface area contributed by atoms with Crippen LogP contribution in [0.25, 0.3) is 0 Å². The van der Waals surface area contributed by atoms with Crippen LogP contribution in [0.2, 0.25) is 0 Å². The second kappa shape index (κ2) is 8.20. The lowest BCUT2D eigenvalue weighted by Gasteiger charge is -2.39. The molecule has 0 aromatic rings. The summed E-state index contributed by atoms with van der Waals surface area (Å²) in [5.41, 5.74) is 0. The highest BCUT2D eigenvalue weighted by Crippen LogP contribution is 2.22. The zero-order valence-electron chi connectivity index (χ0n) is 13.5.